The highest BCUT2D eigenvalue weighted by Crippen LogP contribution is 2.20. The number of carbonyl (C=O) groups excluding carboxylic acids is 1. The van der Waals surface area contributed by atoms with Crippen molar-refractivity contribution in [3.8, 4) is 0 Å². The number of hydrogen-bond acceptors (Lipinski definition) is 3. The van der Waals surface area contributed by atoms with Gasteiger partial charge in [0.15, 0.2) is 5.78 Å². The van der Waals surface area contributed by atoms with Crippen LogP contribution in [-0.2, 0) is 9.53 Å². The number of carbonyl (C=O) groups is 1. The number of likely N-dealkylation sites (N-methyl/N-ethyl adjacent to an activating group) is 1. The molecule has 3 heteroatoms. The fourth-order valence-electron chi connectivity index (χ4n) is 1.99. The Labute approximate surface area is 86.2 Å². The van der Waals surface area contributed by atoms with E-state index >= 15 is 0 Å². The van der Waals surface area contributed by atoms with Crippen molar-refractivity contribution in [1.82, 2.24) is 5.32 Å². The van der Waals surface area contributed by atoms with Gasteiger partial charge < -0.3 is 10.1 Å². The van der Waals surface area contributed by atoms with E-state index < -0.39 is 5.54 Å². The first-order valence-corrected chi connectivity index (χ1v) is 5.45. The Morgan fingerprint density at radius 1 is 1.57 bits per heavy atom. The van der Waals surface area contributed by atoms with Gasteiger partial charge in [-0.1, -0.05) is 6.92 Å². The number of hydrogen-bond donors (Lipinski definition) is 1. The van der Waals surface area contributed by atoms with Crippen molar-refractivity contribution in [3.05, 3.63) is 0 Å². The van der Waals surface area contributed by atoms with Crippen molar-refractivity contribution in [1.29, 1.82) is 0 Å². The predicted molar refractivity (Wildman–Crippen MR) is 56.3 cm³/mol. The van der Waals surface area contributed by atoms with Crippen LogP contribution in [0.25, 0.3) is 0 Å². The summed E-state index contributed by atoms with van der Waals surface area (Å²) in [5.74, 6) is 0.386. The molecule has 0 bridgehead atoms. The Morgan fingerprint density at radius 3 is 2.79 bits per heavy atom. The molecule has 0 aromatic carbocycles. The topological polar surface area (TPSA) is 38.3 Å². The molecule has 1 heterocycles. The number of nitrogens with one attached hydrogen (secondary N) is 1. The quantitative estimate of drug-likeness (QED) is 0.743. The van der Waals surface area contributed by atoms with E-state index in [1.807, 2.05) is 20.8 Å². The van der Waals surface area contributed by atoms with E-state index in [9.17, 15) is 4.79 Å². The Bertz CT molecular complexity index is 195. The normalized spacial score (nSPS) is 23.5. The second-order valence-electron chi connectivity index (χ2n) is 4.43. The molecular formula is C11H21NO2. The average molecular weight is 199 g/mol. The zero-order valence-electron chi connectivity index (χ0n) is 9.43. The zero-order chi connectivity index (χ0) is 10.6. The maximum absolute atomic E-state index is 12.1. The molecule has 0 spiro atoms. The monoisotopic (exact) mass is 199 g/mol. The van der Waals surface area contributed by atoms with Crippen molar-refractivity contribution in [2.75, 3.05) is 19.8 Å². The molecule has 0 aromatic heterocycles. The van der Waals surface area contributed by atoms with Gasteiger partial charge >= 0.3 is 0 Å². The highest BCUT2D eigenvalue weighted by atomic mass is 16.5. The third-order valence-corrected chi connectivity index (χ3v) is 2.77. The Kier molecular flexibility index (Phi) is 4.08. The molecule has 0 aliphatic carbocycles. The van der Waals surface area contributed by atoms with Crippen LogP contribution in [0.2, 0.25) is 0 Å². The fraction of sp³-hybridized carbons (Fsp3) is 0.909. The second-order valence-corrected chi connectivity index (χ2v) is 4.43. The largest absolute Gasteiger partial charge is 0.381 e. The minimum absolute atomic E-state index is 0.0952. The van der Waals surface area contributed by atoms with E-state index in [-0.39, 0.29) is 5.92 Å². The molecule has 1 N–H and O–H groups in total. The van der Waals surface area contributed by atoms with Crippen LogP contribution in [0, 0.1) is 5.92 Å². The molecule has 0 saturated carbocycles. The maximum Gasteiger partial charge on any atom is 0.157 e. The van der Waals surface area contributed by atoms with Gasteiger partial charge in [0.25, 0.3) is 0 Å². The van der Waals surface area contributed by atoms with E-state index in [1.54, 1.807) is 0 Å². The molecule has 0 amide bonds. The molecule has 0 aromatic rings. The van der Waals surface area contributed by atoms with Crippen molar-refractivity contribution in [2.24, 2.45) is 5.92 Å². The zero-order valence-corrected chi connectivity index (χ0v) is 9.43. The van der Waals surface area contributed by atoms with Gasteiger partial charge in [-0.2, -0.15) is 0 Å². The summed E-state index contributed by atoms with van der Waals surface area (Å²) in [6, 6.07) is 0. The molecule has 1 atom stereocenters. The minimum atomic E-state index is -0.403. The Balaban J connectivity index is 2.53. The number of Topliss-reactive ketones (excluding diaryl/α,β-unsaturated/α-hetero) is 1. The van der Waals surface area contributed by atoms with E-state index in [0.717, 1.165) is 26.0 Å². The highest BCUT2D eigenvalue weighted by molar-refractivity contribution is 5.89. The van der Waals surface area contributed by atoms with E-state index in [2.05, 4.69) is 5.32 Å². The highest BCUT2D eigenvalue weighted by Gasteiger charge is 2.33. The van der Waals surface area contributed by atoms with Crippen LogP contribution in [0.1, 0.15) is 33.6 Å². The first-order valence-electron chi connectivity index (χ1n) is 5.45. The van der Waals surface area contributed by atoms with Gasteiger partial charge in [-0.25, -0.2) is 0 Å². The van der Waals surface area contributed by atoms with Gasteiger partial charge in [-0.15, -0.1) is 0 Å². The lowest BCUT2D eigenvalue weighted by atomic mass is 9.85. The summed E-state index contributed by atoms with van der Waals surface area (Å²) in [5, 5.41) is 3.21. The van der Waals surface area contributed by atoms with E-state index in [0.29, 0.717) is 12.4 Å². The van der Waals surface area contributed by atoms with Gasteiger partial charge in [0.1, 0.15) is 0 Å². The van der Waals surface area contributed by atoms with Crippen molar-refractivity contribution < 1.29 is 9.53 Å². The summed E-state index contributed by atoms with van der Waals surface area (Å²) in [6.07, 6.45) is 1.99. The summed E-state index contributed by atoms with van der Waals surface area (Å²) < 4.78 is 5.33. The summed E-state index contributed by atoms with van der Waals surface area (Å²) in [4.78, 5) is 12.1. The standard InChI is InChI=1S/C11H21NO2/c1-4-12-11(2,3)10(13)9-6-5-7-14-8-9/h9,12H,4-8H2,1-3H3. The molecule has 3 nitrogen and oxygen atoms in total. The lowest BCUT2D eigenvalue weighted by Gasteiger charge is -2.30. The molecular weight excluding hydrogens is 178 g/mol. The second kappa shape index (κ2) is 4.89. The van der Waals surface area contributed by atoms with Crippen LogP contribution < -0.4 is 5.32 Å². The minimum Gasteiger partial charge on any atom is -0.381 e. The SMILES string of the molecule is CCNC(C)(C)C(=O)C1CCCOC1. The van der Waals surface area contributed by atoms with Gasteiger partial charge in [-0.3, -0.25) is 4.79 Å². The summed E-state index contributed by atoms with van der Waals surface area (Å²) in [5.41, 5.74) is -0.403. The van der Waals surface area contributed by atoms with Gasteiger partial charge in [-0.05, 0) is 33.2 Å². The first kappa shape index (κ1) is 11.7. The average Bonchev–Trinajstić information content (AvgIpc) is 2.18. The fourth-order valence-corrected chi connectivity index (χ4v) is 1.99. The van der Waals surface area contributed by atoms with Crippen molar-refractivity contribution >= 4 is 5.78 Å². The number of ketones is 1. The number of ether oxygens (including phenoxy) is 1. The van der Waals surface area contributed by atoms with Gasteiger partial charge in [0.2, 0.25) is 0 Å². The molecule has 1 fully saturated rings. The maximum atomic E-state index is 12.1. The van der Waals surface area contributed by atoms with Crippen LogP contribution >= 0.6 is 0 Å². The third-order valence-electron chi connectivity index (χ3n) is 2.77. The summed E-state index contributed by atoms with van der Waals surface area (Å²) in [6.45, 7) is 8.17. The number of rotatable bonds is 4. The lowest BCUT2D eigenvalue weighted by Crippen LogP contribution is -2.50. The third kappa shape index (κ3) is 2.79. The molecule has 1 rings (SSSR count). The van der Waals surface area contributed by atoms with Crippen molar-refractivity contribution in [2.45, 2.75) is 39.2 Å². The molecule has 14 heavy (non-hydrogen) atoms. The first-order chi connectivity index (χ1) is 6.58. The molecule has 82 valence electrons. The molecule has 1 aliphatic heterocycles. The summed E-state index contributed by atoms with van der Waals surface area (Å²) >= 11 is 0. The van der Waals surface area contributed by atoms with E-state index in [1.165, 1.54) is 0 Å². The van der Waals surface area contributed by atoms with Crippen LogP contribution in [-0.4, -0.2) is 31.1 Å². The van der Waals surface area contributed by atoms with E-state index in [4.69, 9.17) is 4.74 Å². The smallest absolute Gasteiger partial charge is 0.157 e. The van der Waals surface area contributed by atoms with Gasteiger partial charge in [0, 0.05) is 12.5 Å². The Hall–Kier alpha value is -0.410. The molecule has 0 radical (unpaired) electrons. The predicted octanol–water partition coefficient (Wildman–Crippen LogP) is 1.37. The van der Waals surface area contributed by atoms with Gasteiger partial charge in [0.05, 0.1) is 12.1 Å². The Morgan fingerprint density at radius 2 is 2.29 bits per heavy atom. The summed E-state index contributed by atoms with van der Waals surface area (Å²) in [7, 11) is 0. The van der Waals surface area contributed by atoms with Crippen LogP contribution in [0.3, 0.4) is 0 Å². The van der Waals surface area contributed by atoms with Crippen molar-refractivity contribution in [3.63, 3.8) is 0 Å². The van der Waals surface area contributed by atoms with Crippen LogP contribution in [0.4, 0.5) is 0 Å². The molecule has 1 unspecified atom stereocenters. The molecule has 1 saturated heterocycles. The van der Waals surface area contributed by atoms with Crippen LogP contribution in [0.5, 0.6) is 0 Å². The van der Waals surface area contributed by atoms with Crippen LogP contribution in [0.15, 0.2) is 0 Å². The lowest BCUT2D eigenvalue weighted by molar-refractivity contribution is -0.132. The molecule has 1 aliphatic rings.